The molecule has 140 valence electrons. The highest BCUT2D eigenvalue weighted by Crippen LogP contribution is 2.26. The predicted octanol–water partition coefficient (Wildman–Crippen LogP) is 3.99. The van der Waals surface area contributed by atoms with Crippen molar-refractivity contribution >= 4 is 23.0 Å². The number of piperidine rings is 1. The molecule has 3 rings (SSSR count). The molecule has 1 aromatic carbocycles. The van der Waals surface area contributed by atoms with E-state index in [2.05, 4.69) is 0 Å². The van der Waals surface area contributed by atoms with Crippen molar-refractivity contribution in [1.82, 2.24) is 9.47 Å². The average molecular weight is 358 g/mol. The van der Waals surface area contributed by atoms with Crippen molar-refractivity contribution in [2.45, 2.75) is 45.8 Å². The number of aromatic carboxylic acids is 1. The lowest BCUT2D eigenvalue weighted by atomic mass is 9.97. The maximum Gasteiger partial charge on any atom is 0.410 e. The average Bonchev–Trinajstić information content (AvgIpc) is 2.93. The molecule has 0 radical (unpaired) electrons. The second-order valence-corrected chi connectivity index (χ2v) is 7.93. The van der Waals surface area contributed by atoms with Crippen LogP contribution in [0.5, 0.6) is 0 Å². The number of amides is 1. The Morgan fingerprint density at radius 2 is 1.85 bits per heavy atom. The lowest BCUT2D eigenvalue weighted by Gasteiger charge is -2.33. The van der Waals surface area contributed by atoms with E-state index >= 15 is 0 Å². The Morgan fingerprint density at radius 3 is 2.46 bits per heavy atom. The van der Waals surface area contributed by atoms with E-state index in [0.717, 1.165) is 30.3 Å². The zero-order valence-electron chi connectivity index (χ0n) is 15.6. The van der Waals surface area contributed by atoms with Gasteiger partial charge in [-0.3, -0.25) is 0 Å². The van der Waals surface area contributed by atoms with Gasteiger partial charge < -0.3 is 19.3 Å². The minimum absolute atomic E-state index is 0.254. The highest BCUT2D eigenvalue weighted by atomic mass is 16.6. The Labute approximate surface area is 153 Å². The fourth-order valence-corrected chi connectivity index (χ4v) is 3.47. The molecular weight excluding hydrogens is 332 g/mol. The van der Waals surface area contributed by atoms with E-state index in [1.807, 2.05) is 49.6 Å². The van der Waals surface area contributed by atoms with Crippen LogP contribution in [0, 0.1) is 5.92 Å². The van der Waals surface area contributed by atoms with Crippen LogP contribution in [0.3, 0.4) is 0 Å². The lowest BCUT2D eigenvalue weighted by Crippen LogP contribution is -2.42. The molecule has 0 spiro atoms. The van der Waals surface area contributed by atoms with Crippen LogP contribution < -0.4 is 0 Å². The van der Waals surface area contributed by atoms with E-state index in [9.17, 15) is 14.7 Å². The van der Waals surface area contributed by atoms with Crippen LogP contribution in [-0.4, -0.2) is 45.3 Å². The van der Waals surface area contributed by atoms with Gasteiger partial charge in [-0.05, 0) is 45.6 Å². The maximum absolute atomic E-state index is 12.2. The molecule has 1 aliphatic rings. The molecule has 2 heterocycles. The molecule has 6 heteroatoms. The van der Waals surface area contributed by atoms with Crippen molar-refractivity contribution in [3.63, 3.8) is 0 Å². The first-order valence-electron chi connectivity index (χ1n) is 9.03. The van der Waals surface area contributed by atoms with E-state index in [1.54, 1.807) is 11.1 Å². The molecule has 1 aromatic heterocycles. The lowest BCUT2D eigenvalue weighted by molar-refractivity contribution is 0.0178. The number of carbonyl (C=O) groups is 2. The Kier molecular flexibility index (Phi) is 4.94. The number of likely N-dealkylation sites (tertiary alicyclic amines) is 1. The van der Waals surface area contributed by atoms with Crippen LogP contribution in [0.1, 0.15) is 44.0 Å². The summed E-state index contributed by atoms with van der Waals surface area (Å²) in [5, 5.41) is 10.2. The van der Waals surface area contributed by atoms with Gasteiger partial charge in [-0.2, -0.15) is 0 Å². The number of nitrogens with zero attached hydrogens (tertiary/aromatic N) is 2. The van der Waals surface area contributed by atoms with E-state index < -0.39 is 11.6 Å². The van der Waals surface area contributed by atoms with Crippen LogP contribution in [-0.2, 0) is 11.3 Å². The van der Waals surface area contributed by atoms with Crippen molar-refractivity contribution in [1.29, 1.82) is 0 Å². The number of carboxylic acid groups (broad SMARTS) is 1. The minimum atomic E-state index is -0.903. The molecule has 0 bridgehead atoms. The standard InChI is InChI=1S/C20H26N2O4/c1-20(2,3)26-19(25)21-10-8-14(9-11-21)12-22-13-16(18(23)24)15-6-4-5-7-17(15)22/h4-7,13-14H,8-12H2,1-3H3,(H,23,24). The number of hydrogen-bond acceptors (Lipinski definition) is 3. The summed E-state index contributed by atoms with van der Waals surface area (Å²) in [4.78, 5) is 25.4. The SMILES string of the molecule is CC(C)(C)OC(=O)N1CCC(Cn2cc(C(=O)O)c3ccccc32)CC1. The number of carboxylic acids is 1. The zero-order valence-corrected chi connectivity index (χ0v) is 15.6. The van der Waals surface area contributed by atoms with Crippen LogP contribution in [0.15, 0.2) is 30.5 Å². The molecule has 1 fully saturated rings. The molecule has 1 N–H and O–H groups in total. The molecule has 6 nitrogen and oxygen atoms in total. The van der Waals surface area contributed by atoms with Gasteiger partial charge in [-0.25, -0.2) is 9.59 Å². The summed E-state index contributed by atoms with van der Waals surface area (Å²) in [6.45, 7) is 7.71. The molecule has 0 atom stereocenters. The fraction of sp³-hybridized carbons (Fsp3) is 0.500. The topological polar surface area (TPSA) is 71.8 Å². The first kappa shape index (κ1) is 18.3. The summed E-state index contributed by atoms with van der Waals surface area (Å²) in [5.74, 6) is -0.495. The van der Waals surface area contributed by atoms with Gasteiger partial charge in [0.25, 0.3) is 0 Å². The Hall–Kier alpha value is -2.50. The fourth-order valence-electron chi connectivity index (χ4n) is 3.47. The third-order valence-electron chi connectivity index (χ3n) is 4.74. The highest BCUT2D eigenvalue weighted by Gasteiger charge is 2.27. The van der Waals surface area contributed by atoms with Gasteiger partial charge >= 0.3 is 12.1 Å². The smallest absolute Gasteiger partial charge is 0.410 e. The number of benzene rings is 1. The molecule has 0 unspecified atom stereocenters. The number of fused-ring (bicyclic) bond motifs is 1. The summed E-state index contributed by atoms with van der Waals surface area (Å²) in [7, 11) is 0. The Balaban J connectivity index is 1.66. The third kappa shape index (κ3) is 4.00. The quantitative estimate of drug-likeness (QED) is 0.900. The second kappa shape index (κ2) is 7.02. The highest BCUT2D eigenvalue weighted by molar-refractivity contribution is 6.03. The van der Waals surface area contributed by atoms with E-state index in [1.165, 1.54) is 0 Å². The van der Waals surface area contributed by atoms with Crippen LogP contribution in [0.4, 0.5) is 4.79 Å². The number of ether oxygens (including phenoxy) is 1. The van der Waals surface area contributed by atoms with Crippen LogP contribution >= 0.6 is 0 Å². The van der Waals surface area contributed by atoms with Crippen molar-refractivity contribution in [3.05, 3.63) is 36.0 Å². The molecule has 26 heavy (non-hydrogen) atoms. The summed E-state index contributed by atoms with van der Waals surface area (Å²) >= 11 is 0. The summed E-state index contributed by atoms with van der Waals surface area (Å²) < 4.78 is 7.47. The van der Waals surface area contributed by atoms with Crippen molar-refractivity contribution in [2.24, 2.45) is 5.92 Å². The molecule has 1 aliphatic heterocycles. The van der Waals surface area contributed by atoms with Gasteiger partial charge in [0.05, 0.1) is 5.56 Å². The number of hydrogen-bond donors (Lipinski definition) is 1. The Morgan fingerprint density at radius 1 is 1.19 bits per heavy atom. The van der Waals surface area contributed by atoms with E-state index in [-0.39, 0.29) is 6.09 Å². The van der Waals surface area contributed by atoms with Gasteiger partial charge in [0.15, 0.2) is 0 Å². The monoisotopic (exact) mass is 358 g/mol. The Bertz CT molecular complexity index is 811. The molecule has 0 saturated carbocycles. The zero-order chi connectivity index (χ0) is 18.9. The van der Waals surface area contributed by atoms with Crippen molar-refractivity contribution in [3.8, 4) is 0 Å². The molecule has 1 amide bonds. The number of aromatic nitrogens is 1. The van der Waals surface area contributed by atoms with Crippen molar-refractivity contribution in [2.75, 3.05) is 13.1 Å². The van der Waals surface area contributed by atoms with Crippen LogP contribution in [0.2, 0.25) is 0 Å². The van der Waals surface area contributed by atoms with Crippen LogP contribution in [0.25, 0.3) is 10.9 Å². The van der Waals surface area contributed by atoms with Crippen molar-refractivity contribution < 1.29 is 19.4 Å². The molecular formula is C20H26N2O4. The van der Waals surface area contributed by atoms with Gasteiger partial charge in [0.1, 0.15) is 5.60 Å². The maximum atomic E-state index is 12.2. The molecule has 2 aromatic rings. The van der Waals surface area contributed by atoms with Gasteiger partial charge in [-0.15, -0.1) is 0 Å². The summed E-state index contributed by atoms with van der Waals surface area (Å²) in [6, 6.07) is 7.59. The van der Waals surface area contributed by atoms with E-state index in [4.69, 9.17) is 4.74 Å². The first-order valence-corrected chi connectivity index (χ1v) is 9.03. The minimum Gasteiger partial charge on any atom is -0.478 e. The van der Waals surface area contributed by atoms with E-state index in [0.29, 0.717) is 24.6 Å². The third-order valence-corrected chi connectivity index (χ3v) is 4.74. The van der Waals surface area contributed by atoms with Gasteiger partial charge in [0.2, 0.25) is 0 Å². The normalized spacial score (nSPS) is 16.0. The first-order chi connectivity index (χ1) is 12.2. The number of para-hydroxylation sites is 1. The molecule has 1 saturated heterocycles. The number of carbonyl (C=O) groups excluding carboxylic acids is 1. The summed E-state index contributed by atoms with van der Waals surface area (Å²) in [5.41, 5.74) is 0.803. The molecule has 0 aliphatic carbocycles. The summed E-state index contributed by atoms with van der Waals surface area (Å²) in [6.07, 6.45) is 3.24. The van der Waals surface area contributed by atoms with Gasteiger partial charge in [0, 0.05) is 36.7 Å². The number of rotatable bonds is 3. The second-order valence-electron chi connectivity index (χ2n) is 7.93. The van der Waals surface area contributed by atoms with Gasteiger partial charge in [-0.1, -0.05) is 18.2 Å². The predicted molar refractivity (Wildman–Crippen MR) is 99.4 cm³/mol. The largest absolute Gasteiger partial charge is 0.478 e.